The second-order valence-corrected chi connectivity index (χ2v) is 9.06. The van der Waals surface area contributed by atoms with Crippen LogP contribution in [0.25, 0.3) is 0 Å². The van der Waals surface area contributed by atoms with E-state index in [0.717, 1.165) is 10.8 Å². The summed E-state index contributed by atoms with van der Waals surface area (Å²) in [4.78, 5) is 25.6. The molecule has 0 spiro atoms. The number of aryl methyl sites for hydroxylation is 1. The van der Waals surface area contributed by atoms with Gasteiger partial charge in [-0.15, -0.1) is 0 Å². The average Bonchev–Trinajstić information content (AvgIpc) is 3.32. The highest BCUT2D eigenvalue weighted by atomic mass is 32.2. The average molecular weight is 537 g/mol. The molecule has 1 aliphatic rings. The van der Waals surface area contributed by atoms with Crippen molar-refractivity contribution in [1.29, 1.82) is 0 Å². The van der Waals surface area contributed by atoms with Crippen molar-refractivity contribution in [2.24, 2.45) is 13.0 Å². The van der Waals surface area contributed by atoms with Gasteiger partial charge in [0.1, 0.15) is 21.6 Å². The van der Waals surface area contributed by atoms with Crippen molar-refractivity contribution < 1.29 is 41.2 Å². The molecule has 1 saturated heterocycles. The lowest BCUT2D eigenvalue weighted by Crippen LogP contribution is -2.38. The Morgan fingerprint density at radius 2 is 1.81 bits per heavy atom. The van der Waals surface area contributed by atoms with Gasteiger partial charge >= 0.3 is 6.09 Å². The summed E-state index contributed by atoms with van der Waals surface area (Å²) in [5.74, 6) is -7.33. The van der Waals surface area contributed by atoms with Gasteiger partial charge in [0.05, 0.1) is 6.61 Å². The summed E-state index contributed by atoms with van der Waals surface area (Å²) in [6, 6.07) is 0.512. The molecule has 0 aliphatic carbocycles. The molecule has 0 radical (unpaired) electrons. The van der Waals surface area contributed by atoms with E-state index < -0.39 is 63.7 Å². The molecule has 3 atom stereocenters. The van der Waals surface area contributed by atoms with Gasteiger partial charge in [0.2, 0.25) is 0 Å². The number of anilines is 1. The van der Waals surface area contributed by atoms with Gasteiger partial charge in [-0.1, -0.05) is 7.43 Å². The summed E-state index contributed by atoms with van der Waals surface area (Å²) >= 11 is 0. The van der Waals surface area contributed by atoms with E-state index in [2.05, 4.69) is 10.0 Å². The van der Waals surface area contributed by atoms with Gasteiger partial charge in [-0.2, -0.15) is 0 Å². The second kappa shape index (κ2) is 12.3. The second-order valence-electron chi connectivity index (χ2n) is 7.84. The van der Waals surface area contributed by atoms with Crippen molar-refractivity contribution in [2.45, 2.75) is 31.7 Å². The van der Waals surface area contributed by atoms with Gasteiger partial charge in [-0.05, 0) is 19.3 Å². The summed E-state index contributed by atoms with van der Waals surface area (Å²) in [5, 5.41) is 11.4. The molecule has 9 nitrogen and oxygen atoms in total. The molecule has 1 aromatic heterocycles. The maximum Gasteiger partial charge on any atom is 0.409 e. The molecule has 0 bridgehead atoms. The van der Waals surface area contributed by atoms with Crippen LogP contribution < -0.4 is 10.0 Å². The van der Waals surface area contributed by atoms with E-state index in [-0.39, 0.29) is 44.5 Å². The van der Waals surface area contributed by atoms with Crippen LogP contribution in [0.1, 0.15) is 31.3 Å². The van der Waals surface area contributed by atoms with Crippen LogP contribution in [0, 0.1) is 29.2 Å². The van der Waals surface area contributed by atoms with E-state index in [9.17, 15) is 32.1 Å². The molecular weight excluding hydrogens is 508 g/mol. The highest BCUT2D eigenvalue weighted by Crippen LogP contribution is 2.25. The normalized spacial score (nSPS) is 18.0. The fraction of sp³-hybridized carbons (Fsp3) is 0.455. The third-order valence-electron chi connectivity index (χ3n) is 5.47. The lowest BCUT2D eigenvalue weighted by Gasteiger charge is -2.17. The summed E-state index contributed by atoms with van der Waals surface area (Å²) < 4.78 is 76.7. The third kappa shape index (κ3) is 6.23. The van der Waals surface area contributed by atoms with Crippen LogP contribution in [0.2, 0.25) is 0 Å². The fourth-order valence-corrected chi connectivity index (χ4v) is 4.99. The van der Waals surface area contributed by atoms with Gasteiger partial charge in [-0.25, -0.2) is 31.3 Å². The summed E-state index contributed by atoms with van der Waals surface area (Å²) in [7, 11) is -0.857. The van der Waals surface area contributed by atoms with Gasteiger partial charge in [-0.3, -0.25) is 4.79 Å². The Bertz CT molecular complexity index is 1120. The van der Waals surface area contributed by atoms with Crippen molar-refractivity contribution in [3.05, 3.63) is 47.3 Å². The molecule has 1 fully saturated rings. The Morgan fingerprint density at radius 1 is 1.17 bits per heavy atom. The highest BCUT2D eigenvalue weighted by Gasteiger charge is 2.37. The topological polar surface area (TPSA) is 113 Å². The maximum absolute atomic E-state index is 15.1. The first-order valence-corrected chi connectivity index (χ1v) is 11.7. The molecule has 3 rings (SSSR count). The minimum Gasteiger partial charge on any atom is -0.450 e. The zero-order valence-electron chi connectivity index (χ0n) is 18.8. The number of hydrogen-bond donors (Lipinski definition) is 3. The largest absolute Gasteiger partial charge is 0.450 e. The molecule has 2 heterocycles. The zero-order chi connectivity index (χ0) is 25.9. The first-order valence-electron chi connectivity index (χ1n) is 10.6. The predicted octanol–water partition coefficient (Wildman–Crippen LogP) is 2.92. The molecular formula is C22H28F4N4O5S. The predicted molar refractivity (Wildman–Crippen MR) is 123 cm³/mol. The third-order valence-corrected chi connectivity index (χ3v) is 6.67. The number of aromatic nitrogens is 1. The SMILES string of the molecule is C.CCOC(=O)N1CC(CCO)C(NS(=O)c2cn(C)c(C(=O)Nc3cc(F)c(F)c(F)c3)c2F)C1. The van der Waals surface area contributed by atoms with Crippen molar-refractivity contribution in [2.75, 3.05) is 31.6 Å². The van der Waals surface area contributed by atoms with Crippen molar-refractivity contribution >= 4 is 28.7 Å². The molecule has 2 amide bonds. The number of carbonyl (C=O) groups excluding carboxylic acids is 2. The summed E-state index contributed by atoms with van der Waals surface area (Å²) in [5.41, 5.74) is -1.02. The molecule has 2 aromatic rings. The number of amides is 2. The first kappa shape index (κ1) is 29.3. The van der Waals surface area contributed by atoms with E-state index in [4.69, 9.17) is 4.74 Å². The Labute approximate surface area is 208 Å². The van der Waals surface area contributed by atoms with E-state index >= 15 is 4.39 Å². The van der Waals surface area contributed by atoms with Crippen LogP contribution in [0.15, 0.2) is 23.2 Å². The molecule has 0 saturated carbocycles. The quantitative estimate of drug-likeness (QED) is 0.355. The van der Waals surface area contributed by atoms with Crippen LogP contribution in [0.5, 0.6) is 0 Å². The number of aliphatic hydroxyl groups excluding tert-OH is 1. The van der Waals surface area contributed by atoms with Gasteiger partial charge < -0.3 is 24.6 Å². The molecule has 36 heavy (non-hydrogen) atoms. The van der Waals surface area contributed by atoms with Gasteiger partial charge in [0.25, 0.3) is 5.91 Å². The van der Waals surface area contributed by atoms with Gasteiger partial charge in [0.15, 0.2) is 23.3 Å². The molecule has 14 heteroatoms. The fourth-order valence-electron chi connectivity index (χ4n) is 3.80. The van der Waals surface area contributed by atoms with Crippen molar-refractivity contribution in [3.8, 4) is 0 Å². The number of nitrogens with zero attached hydrogens (tertiary/aromatic N) is 2. The van der Waals surface area contributed by atoms with E-state index in [1.54, 1.807) is 6.92 Å². The number of aliphatic hydroxyl groups is 1. The highest BCUT2D eigenvalue weighted by molar-refractivity contribution is 7.83. The standard InChI is InChI=1S/C21H24F4N4O5S.CH4/c1-3-34-21(32)29-8-11(4-5-30)15(9-29)27-35(33)16-10-28(2)19(18(16)25)20(31)26-12-6-13(22)17(24)14(23)7-12;/h6-7,10-11,15,27,30H,3-5,8-9H2,1-2H3,(H,26,31);1H4. The van der Waals surface area contributed by atoms with E-state index in [1.165, 1.54) is 11.9 Å². The van der Waals surface area contributed by atoms with Gasteiger partial charge in [0, 0.05) is 56.8 Å². The molecule has 3 unspecified atom stereocenters. The van der Waals surface area contributed by atoms with Crippen LogP contribution in [0.4, 0.5) is 28.0 Å². The van der Waals surface area contributed by atoms with E-state index in [0.29, 0.717) is 18.6 Å². The molecule has 200 valence electrons. The number of halogens is 4. The van der Waals surface area contributed by atoms with Crippen molar-refractivity contribution in [3.63, 3.8) is 0 Å². The van der Waals surface area contributed by atoms with Crippen molar-refractivity contribution in [1.82, 2.24) is 14.2 Å². The minimum atomic E-state index is -2.16. The lowest BCUT2D eigenvalue weighted by atomic mass is 10.0. The number of carbonyl (C=O) groups is 2. The Morgan fingerprint density at radius 3 is 2.39 bits per heavy atom. The van der Waals surface area contributed by atoms with Crippen LogP contribution in [0.3, 0.4) is 0 Å². The smallest absolute Gasteiger partial charge is 0.409 e. The summed E-state index contributed by atoms with van der Waals surface area (Å²) in [6.07, 6.45) is 0.836. The molecule has 3 N–H and O–H groups in total. The minimum absolute atomic E-state index is 0. The number of hydrogen-bond acceptors (Lipinski definition) is 5. The Hall–Kier alpha value is -2.97. The van der Waals surface area contributed by atoms with Crippen LogP contribution in [-0.4, -0.2) is 63.1 Å². The monoisotopic (exact) mass is 536 g/mol. The number of ether oxygens (including phenoxy) is 1. The van der Waals surface area contributed by atoms with Crippen LogP contribution in [-0.2, 0) is 22.8 Å². The van der Waals surface area contributed by atoms with E-state index in [1.807, 2.05) is 0 Å². The number of rotatable bonds is 8. The Kier molecular flexibility index (Phi) is 10.0. The summed E-state index contributed by atoms with van der Waals surface area (Å²) in [6.45, 7) is 1.99. The zero-order valence-corrected chi connectivity index (χ0v) is 19.6. The number of likely N-dealkylation sites (tertiary alicyclic amines) is 1. The number of benzene rings is 1. The lowest BCUT2D eigenvalue weighted by molar-refractivity contribution is 0.101. The molecule has 1 aromatic carbocycles. The van der Waals surface area contributed by atoms with Crippen LogP contribution >= 0.6 is 0 Å². The Balaban J connectivity index is 0.00000456. The maximum atomic E-state index is 15.1. The first-order chi connectivity index (χ1) is 16.6. The molecule has 1 aliphatic heterocycles. The number of nitrogens with one attached hydrogen (secondary N) is 2.